The van der Waals surface area contributed by atoms with Crippen molar-refractivity contribution in [2.24, 2.45) is 7.05 Å². The first-order valence-corrected chi connectivity index (χ1v) is 10.1. The predicted molar refractivity (Wildman–Crippen MR) is 114 cm³/mol. The number of aromatic nitrogens is 2. The molecule has 1 aromatic carbocycles. The minimum absolute atomic E-state index is 0.0381. The Balaban J connectivity index is 1.74. The Kier molecular flexibility index (Phi) is 6.07. The zero-order chi connectivity index (χ0) is 21.2. The number of aryl methyl sites for hydroxylation is 2. The molecule has 3 rings (SSSR count). The highest BCUT2D eigenvalue weighted by Crippen LogP contribution is 2.23. The zero-order valence-corrected chi connectivity index (χ0v) is 18.0. The van der Waals surface area contributed by atoms with Crippen LogP contribution in [0.2, 0.25) is 0 Å². The fourth-order valence-electron chi connectivity index (χ4n) is 3.40. The van der Waals surface area contributed by atoms with Gasteiger partial charge in [-0.2, -0.15) is 5.10 Å². The molecule has 1 aromatic heterocycles. The Hall–Kier alpha value is -2.67. The SMILES string of the molecule is Cc1cc(C(=O)N2CCCNCC2)ccc1NC(=O)c1cc(C(C)(C)C)nn1C. The average Bonchev–Trinajstić information content (AvgIpc) is 2.88. The lowest BCUT2D eigenvalue weighted by atomic mass is 9.92. The van der Waals surface area contributed by atoms with Gasteiger partial charge in [-0.25, -0.2) is 0 Å². The lowest BCUT2D eigenvalue weighted by Gasteiger charge is -2.20. The predicted octanol–water partition coefficient (Wildman–Crippen LogP) is 2.71. The van der Waals surface area contributed by atoms with E-state index in [1.807, 2.05) is 24.0 Å². The van der Waals surface area contributed by atoms with Crippen LogP contribution in [0.3, 0.4) is 0 Å². The molecular formula is C22H31N5O2. The van der Waals surface area contributed by atoms with Gasteiger partial charge in [0.1, 0.15) is 5.69 Å². The zero-order valence-electron chi connectivity index (χ0n) is 18.0. The van der Waals surface area contributed by atoms with E-state index < -0.39 is 0 Å². The number of carbonyl (C=O) groups excluding carboxylic acids is 2. The summed E-state index contributed by atoms with van der Waals surface area (Å²) in [7, 11) is 1.77. The van der Waals surface area contributed by atoms with E-state index in [-0.39, 0.29) is 17.2 Å². The second-order valence-electron chi connectivity index (χ2n) is 8.67. The van der Waals surface area contributed by atoms with Crippen molar-refractivity contribution >= 4 is 17.5 Å². The highest BCUT2D eigenvalue weighted by molar-refractivity contribution is 6.04. The first kappa shape index (κ1) is 21.0. The molecule has 0 atom stereocenters. The Morgan fingerprint density at radius 3 is 2.55 bits per heavy atom. The van der Waals surface area contributed by atoms with Crippen LogP contribution in [0, 0.1) is 6.92 Å². The standard InChI is InChI=1S/C22H31N5O2/c1-15-13-16(21(29)27-11-6-9-23-10-12-27)7-8-17(15)24-20(28)18-14-19(22(2,3)4)25-26(18)5/h7-8,13-14,23H,6,9-12H2,1-5H3,(H,24,28). The molecule has 1 saturated heterocycles. The third kappa shape index (κ3) is 4.85. The van der Waals surface area contributed by atoms with Crippen LogP contribution in [0.4, 0.5) is 5.69 Å². The molecule has 1 aliphatic rings. The number of nitrogens with zero attached hydrogens (tertiary/aromatic N) is 3. The van der Waals surface area contributed by atoms with Crippen molar-refractivity contribution < 1.29 is 9.59 Å². The van der Waals surface area contributed by atoms with E-state index in [2.05, 4.69) is 36.5 Å². The van der Waals surface area contributed by atoms with Crippen LogP contribution in [0.1, 0.15) is 59.3 Å². The third-order valence-electron chi connectivity index (χ3n) is 5.23. The molecule has 0 saturated carbocycles. The van der Waals surface area contributed by atoms with Gasteiger partial charge in [0.05, 0.1) is 5.69 Å². The van der Waals surface area contributed by atoms with E-state index in [0.29, 0.717) is 23.5 Å². The number of rotatable bonds is 3. The van der Waals surface area contributed by atoms with Crippen molar-refractivity contribution in [1.82, 2.24) is 20.0 Å². The highest BCUT2D eigenvalue weighted by atomic mass is 16.2. The van der Waals surface area contributed by atoms with Gasteiger partial charge in [-0.3, -0.25) is 14.3 Å². The number of nitrogens with one attached hydrogen (secondary N) is 2. The van der Waals surface area contributed by atoms with Crippen LogP contribution in [-0.2, 0) is 12.5 Å². The molecule has 7 nitrogen and oxygen atoms in total. The van der Waals surface area contributed by atoms with E-state index in [9.17, 15) is 9.59 Å². The summed E-state index contributed by atoms with van der Waals surface area (Å²) in [4.78, 5) is 27.5. The van der Waals surface area contributed by atoms with Crippen LogP contribution in [0.25, 0.3) is 0 Å². The summed E-state index contributed by atoms with van der Waals surface area (Å²) in [6.45, 7) is 11.3. The second kappa shape index (κ2) is 8.37. The summed E-state index contributed by atoms with van der Waals surface area (Å²) < 4.78 is 1.61. The molecule has 0 aliphatic carbocycles. The Morgan fingerprint density at radius 1 is 1.14 bits per heavy atom. The van der Waals surface area contributed by atoms with Crippen molar-refractivity contribution in [3.63, 3.8) is 0 Å². The van der Waals surface area contributed by atoms with Crippen LogP contribution in [0.15, 0.2) is 24.3 Å². The van der Waals surface area contributed by atoms with Gasteiger partial charge in [0.15, 0.2) is 0 Å². The van der Waals surface area contributed by atoms with Crippen LogP contribution in [0.5, 0.6) is 0 Å². The van der Waals surface area contributed by atoms with E-state index >= 15 is 0 Å². The van der Waals surface area contributed by atoms with Crippen molar-refractivity contribution in [3.8, 4) is 0 Å². The van der Waals surface area contributed by atoms with Crippen LogP contribution in [-0.4, -0.2) is 52.7 Å². The first-order chi connectivity index (χ1) is 13.7. The van der Waals surface area contributed by atoms with Gasteiger partial charge in [0, 0.05) is 43.3 Å². The van der Waals surface area contributed by atoms with Gasteiger partial charge >= 0.3 is 0 Å². The molecule has 1 aliphatic heterocycles. The van der Waals surface area contributed by atoms with Gasteiger partial charge < -0.3 is 15.5 Å². The van der Waals surface area contributed by atoms with Crippen molar-refractivity contribution in [3.05, 3.63) is 46.8 Å². The molecule has 1 fully saturated rings. The van der Waals surface area contributed by atoms with E-state index in [1.54, 1.807) is 23.9 Å². The quantitative estimate of drug-likeness (QED) is 0.835. The minimum atomic E-state index is -0.212. The summed E-state index contributed by atoms with van der Waals surface area (Å²) in [5, 5.41) is 10.7. The number of amides is 2. The number of benzene rings is 1. The summed E-state index contributed by atoms with van der Waals surface area (Å²) >= 11 is 0. The maximum Gasteiger partial charge on any atom is 0.273 e. The first-order valence-electron chi connectivity index (χ1n) is 10.1. The summed E-state index contributed by atoms with van der Waals surface area (Å²) in [5.41, 5.74) is 3.45. The molecule has 29 heavy (non-hydrogen) atoms. The third-order valence-corrected chi connectivity index (χ3v) is 5.23. The number of hydrogen-bond donors (Lipinski definition) is 2. The van der Waals surface area contributed by atoms with Crippen molar-refractivity contribution in [2.45, 2.75) is 39.5 Å². The van der Waals surface area contributed by atoms with E-state index in [0.717, 1.165) is 37.3 Å². The fraction of sp³-hybridized carbons (Fsp3) is 0.500. The normalized spacial score (nSPS) is 15.1. The largest absolute Gasteiger partial charge is 0.337 e. The molecule has 7 heteroatoms. The van der Waals surface area contributed by atoms with E-state index in [1.165, 1.54) is 0 Å². The van der Waals surface area contributed by atoms with Crippen LogP contribution >= 0.6 is 0 Å². The molecule has 2 aromatic rings. The molecule has 0 spiro atoms. The molecule has 0 unspecified atom stereocenters. The van der Waals surface area contributed by atoms with Gasteiger partial charge in [-0.05, 0) is 49.7 Å². The topological polar surface area (TPSA) is 79.3 Å². The molecular weight excluding hydrogens is 366 g/mol. The minimum Gasteiger partial charge on any atom is -0.337 e. The van der Waals surface area contributed by atoms with Crippen molar-refractivity contribution in [1.29, 1.82) is 0 Å². The number of hydrogen-bond acceptors (Lipinski definition) is 4. The Labute approximate surface area is 172 Å². The molecule has 0 bridgehead atoms. The monoisotopic (exact) mass is 397 g/mol. The maximum absolute atomic E-state index is 12.8. The average molecular weight is 398 g/mol. The fourth-order valence-corrected chi connectivity index (χ4v) is 3.40. The number of carbonyl (C=O) groups is 2. The summed E-state index contributed by atoms with van der Waals surface area (Å²) in [5.74, 6) is -0.174. The van der Waals surface area contributed by atoms with Gasteiger partial charge in [0.2, 0.25) is 0 Å². The lowest BCUT2D eigenvalue weighted by molar-refractivity contribution is 0.0766. The van der Waals surface area contributed by atoms with E-state index in [4.69, 9.17) is 0 Å². The van der Waals surface area contributed by atoms with Crippen LogP contribution < -0.4 is 10.6 Å². The lowest BCUT2D eigenvalue weighted by Crippen LogP contribution is -2.34. The van der Waals surface area contributed by atoms with Gasteiger partial charge in [-0.15, -0.1) is 0 Å². The molecule has 156 valence electrons. The molecule has 2 heterocycles. The highest BCUT2D eigenvalue weighted by Gasteiger charge is 2.22. The smallest absolute Gasteiger partial charge is 0.273 e. The Bertz CT molecular complexity index is 902. The second-order valence-corrected chi connectivity index (χ2v) is 8.67. The molecule has 2 N–H and O–H groups in total. The molecule has 0 radical (unpaired) electrons. The van der Waals surface area contributed by atoms with Gasteiger partial charge in [-0.1, -0.05) is 20.8 Å². The van der Waals surface area contributed by atoms with Crippen molar-refractivity contribution in [2.75, 3.05) is 31.5 Å². The summed E-state index contributed by atoms with van der Waals surface area (Å²) in [6, 6.07) is 7.26. The maximum atomic E-state index is 12.8. The number of anilines is 1. The summed E-state index contributed by atoms with van der Waals surface area (Å²) in [6.07, 6.45) is 0.958. The Morgan fingerprint density at radius 2 is 1.90 bits per heavy atom. The molecule has 2 amide bonds. The van der Waals surface area contributed by atoms with Gasteiger partial charge in [0.25, 0.3) is 11.8 Å².